The van der Waals surface area contributed by atoms with Crippen LogP contribution in [-0.2, 0) is 30.3 Å². The number of amides is 3. The van der Waals surface area contributed by atoms with Crippen molar-refractivity contribution in [1.29, 1.82) is 0 Å². The van der Waals surface area contributed by atoms with Crippen molar-refractivity contribution in [3.8, 4) is 0 Å². The lowest BCUT2D eigenvalue weighted by molar-refractivity contribution is -0.160. The predicted octanol–water partition coefficient (Wildman–Crippen LogP) is 3.43. The zero-order chi connectivity index (χ0) is 24.7. The van der Waals surface area contributed by atoms with Gasteiger partial charge in [0, 0.05) is 12.1 Å². The minimum atomic E-state index is -1.09. The summed E-state index contributed by atoms with van der Waals surface area (Å²) >= 11 is 0. The van der Waals surface area contributed by atoms with Crippen molar-refractivity contribution >= 4 is 29.4 Å². The second kappa shape index (κ2) is 9.29. The molecule has 7 heteroatoms. The molecule has 2 saturated carbocycles. The zero-order valence-corrected chi connectivity index (χ0v) is 20.0. The molecule has 7 nitrogen and oxygen atoms in total. The molecule has 3 aliphatic rings. The van der Waals surface area contributed by atoms with Gasteiger partial charge >= 0.3 is 5.97 Å². The number of esters is 1. The highest BCUT2D eigenvalue weighted by Gasteiger charge is 2.62. The Balaban J connectivity index is 1.31. The van der Waals surface area contributed by atoms with Crippen LogP contribution in [0.15, 0.2) is 48.5 Å². The number of hydrogen-bond donors (Lipinski definition) is 1. The Morgan fingerprint density at radius 1 is 0.971 bits per heavy atom. The van der Waals surface area contributed by atoms with Gasteiger partial charge in [0.15, 0.2) is 6.61 Å². The van der Waals surface area contributed by atoms with Crippen LogP contribution in [0.25, 0.3) is 0 Å². The van der Waals surface area contributed by atoms with E-state index in [1.807, 2.05) is 56.3 Å². The summed E-state index contributed by atoms with van der Waals surface area (Å²) < 4.78 is 5.37. The molecule has 2 aliphatic carbocycles. The number of imide groups is 1. The molecule has 3 amide bonds. The van der Waals surface area contributed by atoms with E-state index in [0.717, 1.165) is 40.9 Å². The van der Waals surface area contributed by atoms with Crippen molar-refractivity contribution in [3.63, 3.8) is 0 Å². The van der Waals surface area contributed by atoms with E-state index in [2.05, 4.69) is 5.32 Å². The summed E-state index contributed by atoms with van der Waals surface area (Å²) in [4.78, 5) is 53.6. The molecule has 2 aromatic rings. The van der Waals surface area contributed by atoms with E-state index in [4.69, 9.17) is 4.74 Å². The third-order valence-electron chi connectivity index (χ3n) is 7.95. The molecule has 2 aromatic carbocycles. The van der Waals surface area contributed by atoms with E-state index >= 15 is 0 Å². The topological polar surface area (TPSA) is 92.8 Å². The maximum Gasteiger partial charge on any atom is 0.330 e. The summed E-state index contributed by atoms with van der Waals surface area (Å²) in [7, 11) is 0. The van der Waals surface area contributed by atoms with Crippen LogP contribution in [0.3, 0.4) is 0 Å². The first kappa shape index (κ1) is 23.3. The van der Waals surface area contributed by atoms with E-state index in [0.29, 0.717) is 5.69 Å². The van der Waals surface area contributed by atoms with Crippen LogP contribution in [0.2, 0.25) is 0 Å². The number of ether oxygens (including phenoxy) is 1. The highest BCUT2D eigenvalue weighted by Crippen LogP contribution is 2.56. The van der Waals surface area contributed by atoms with Crippen molar-refractivity contribution in [2.45, 2.75) is 45.6 Å². The quantitative estimate of drug-likeness (QED) is 0.490. The van der Waals surface area contributed by atoms with Crippen LogP contribution in [0, 0.1) is 37.5 Å². The Bertz CT molecular complexity index is 1150. The molecule has 35 heavy (non-hydrogen) atoms. The van der Waals surface area contributed by atoms with E-state index in [-0.39, 0.29) is 41.9 Å². The number of aryl methyl sites for hydroxylation is 2. The van der Waals surface area contributed by atoms with Gasteiger partial charge in [-0.3, -0.25) is 19.3 Å². The highest BCUT2D eigenvalue weighted by molar-refractivity contribution is 6.08. The normalized spacial score (nSPS) is 25.5. The van der Waals surface area contributed by atoms with Crippen LogP contribution in [-0.4, -0.2) is 41.2 Å². The largest absolute Gasteiger partial charge is 0.454 e. The maximum atomic E-state index is 13.4. The summed E-state index contributed by atoms with van der Waals surface area (Å²) in [5, 5.41) is 2.73. The average molecular weight is 475 g/mol. The number of nitrogens with one attached hydrogen (secondary N) is 1. The summed E-state index contributed by atoms with van der Waals surface area (Å²) in [5.74, 6) is -1.92. The van der Waals surface area contributed by atoms with Gasteiger partial charge in [0.2, 0.25) is 11.8 Å². The van der Waals surface area contributed by atoms with Gasteiger partial charge in [-0.25, -0.2) is 4.79 Å². The van der Waals surface area contributed by atoms with Crippen LogP contribution < -0.4 is 5.32 Å². The predicted molar refractivity (Wildman–Crippen MR) is 129 cm³/mol. The van der Waals surface area contributed by atoms with E-state index in [1.54, 1.807) is 6.07 Å². The first-order chi connectivity index (χ1) is 16.8. The van der Waals surface area contributed by atoms with Gasteiger partial charge in [0.25, 0.3) is 5.91 Å². The number of carbonyl (C=O) groups is 4. The molecule has 0 unspecified atom stereocenters. The van der Waals surface area contributed by atoms with Gasteiger partial charge in [0.1, 0.15) is 6.04 Å². The van der Waals surface area contributed by atoms with E-state index in [1.165, 1.54) is 0 Å². The Morgan fingerprint density at radius 2 is 1.63 bits per heavy atom. The molecule has 2 bridgehead atoms. The maximum absolute atomic E-state index is 13.4. The van der Waals surface area contributed by atoms with Crippen molar-refractivity contribution in [3.05, 3.63) is 65.2 Å². The molecule has 1 aliphatic heterocycles. The van der Waals surface area contributed by atoms with Gasteiger partial charge in [-0.2, -0.15) is 0 Å². The third kappa shape index (κ3) is 4.35. The number of likely N-dealkylation sites (tertiary alicyclic amines) is 1. The van der Waals surface area contributed by atoms with Gasteiger partial charge in [0.05, 0.1) is 11.8 Å². The molecule has 3 fully saturated rings. The molecule has 1 N–H and O–H groups in total. The lowest BCUT2D eigenvalue weighted by Crippen LogP contribution is -2.48. The lowest BCUT2D eigenvalue weighted by Gasteiger charge is -2.26. The molecule has 0 radical (unpaired) electrons. The molecule has 0 spiro atoms. The molecule has 1 saturated heterocycles. The summed E-state index contributed by atoms with van der Waals surface area (Å²) in [5.41, 5.74) is 3.57. The molecule has 5 rings (SSSR count). The summed E-state index contributed by atoms with van der Waals surface area (Å²) in [6.07, 6.45) is 3.01. The zero-order valence-electron chi connectivity index (χ0n) is 20.0. The monoisotopic (exact) mass is 474 g/mol. The second-order valence-corrected chi connectivity index (χ2v) is 10.1. The van der Waals surface area contributed by atoms with Crippen LogP contribution >= 0.6 is 0 Å². The number of rotatable bonds is 7. The first-order valence-electron chi connectivity index (χ1n) is 12.3. The minimum Gasteiger partial charge on any atom is -0.454 e. The van der Waals surface area contributed by atoms with Crippen LogP contribution in [0.1, 0.15) is 36.0 Å². The molecular weight excluding hydrogens is 444 g/mol. The standard InChI is InChI=1S/C28H30N2O5/c1-16-8-11-21(12-17(16)2)29-23(31)15-35-28(34)22(13-18-6-4-3-5-7-18)30-26(32)24-19-9-10-20(14-19)25(24)27(30)33/h3-8,11-12,19-20,22,24-25H,9-10,13-15H2,1-2H3,(H,29,31)/t19-,20-,22-,24+,25+/m0/s1. The number of hydrogen-bond acceptors (Lipinski definition) is 5. The van der Waals surface area contributed by atoms with Gasteiger partial charge < -0.3 is 10.1 Å². The van der Waals surface area contributed by atoms with E-state index < -0.39 is 24.5 Å². The van der Waals surface area contributed by atoms with Crippen LogP contribution in [0.4, 0.5) is 5.69 Å². The van der Waals surface area contributed by atoms with Crippen molar-refractivity contribution in [1.82, 2.24) is 4.90 Å². The average Bonchev–Trinajstić information content (AvgIpc) is 3.53. The van der Waals surface area contributed by atoms with E-state index in [9.17, 15) is 19.2 Å². The Hall–Kier alpha value is -3.48. The molecule has 0 aromatic heterocycles. The smallest absolute Gasteiger partial charge is 0.330 e. The van der Waals surface area contributed by atoms with Crippen molar-refractivity contribution in [2.75, 3.05) is 11.9 Å². The molecule has 182 valence electrons. The lowest BCUT2D eigenvalue weighted by atomic mass is 9.81. The van der Waals surface area contributed by atoms with Gasteiger partial charge in [-0.05, 0) is 73.8 Å². The Kier molecular flexibility index (Phi) is 6.17. The molecular formula is C28H30N2O5. The fourth-order valence-corrected chi connectivity index (χ4v) is 6.11. The number of carbonyl (C=O) groups excluding carboxylic acids is 4. The van der Waals surface area contributed by atoms with Crippen LogP contribution in [0.5, 0.6) is 0 Å². The third-order valence-corrected chi connectivity index (χ3v) is 7.95. The fourth-order valence-electron chi connectivity index (χ4n) is 6.11. The fraction of sp³-hybridized carbons (Fsp3) is 0.429. The summed E-state index contributed by atoms with van der Waals surface area (Å²) in [6, 6.07) is 13.7. The highest BCUT2D eigenvalue weighted by atomic mass is 16.5. The van der Waals surface area contributed by atoms with Gasteiger partial charge in [-0.1, -0.05) is 36.4 Å². The number of nitrogens with zero attached hydrogens (tertiary/aromatic N) is 1. The Labute approximate surface area is 204 Å². The number of anilines is 1. The first-order valence-corrected chi connectivity index (χ1v) is 12.3. The molecule has 1 heterocycles. The van der Waals surface area contributed by atoms with Crippen molar-refractivity contribution < 1.29 is 23.9 Å². The number of benzene rings is 2. The second-order valence-electron chi connectivity index (χ2n) is 10.1. The molecule has 5 atom stereocenters. The Morgan fingerprint density at radius 3 is 2.26 bits per heavy atom. The SMILES string of the molecule is Cc1ccc(NC(=O)COC(=O)[C@H](Cc2ccccc2)N2C(=O)[C@@H]3[C@H]4CC[C@@H](C4)[C@H]3C2=O)cc1C. The van der Waals surface area contributed by atoms with Crippen molar-refractivity contribution in [2.24, 2.45) is 23.7 Å². The number of fused-ring (bicyclic) bond motifs is 5. The van der Waals surface area contributed by atoms with Gasteiger partial charge in [-0.15, -0.1) is 0 Å². The summed E-state index contributed by atoms with van der Waals surface area (Å²) in [6.45, 7) is 3.44. The minimum absolute atomic E-state index is 0.157.